The number of rotatable bonds is 1. The molecule has 1 heterocycles. The van der Waals surface area contributed by atoms with E-state index in [1.54, 1.807) is 6.07 Å². The molecule has 1 fully saturated rings. The highest BCUT2D eigenvalue weighted by atomic mass is 79.9. The van der Waals surface area contributed by atoms with Crippen LogP contribution >= 0.6 is 15.9 Å². The van der Waals surface area contributed by atoms with Gasteiger partial charge in [0.1, 0.15) is 5.60 Å². The molecule has 1 aliphatic heterocycles. The normalized spacial score (nSPS) is 23.0. The third-order valence-corrected chi connectivity index (χ3v) is 4.14. The average Bonchev–Trinajstić information content (AvgIpc) is 2.37. The third-order valence-electron chi connectivity index (χ3n) is 3.45. The smallest absolute Gasteiger partial charge is 0.410 e. The highest BCUT2D eigenvalue weighted by Crippen LogP contribution is 2.39. The van der Waals surface area contributed by atoms with Crippen molar-refractivity contribution in [2.45, 2.75) is 44.9 Å². The van der Waals surface area contributed by atoms with E-state index in [0.717, 1.165) is 4.47 Å². The number of piperidine rings is 1. The molecule has 1 aromatic rings. The molecule has 1 aliphatic rings. The molecule has 1 saturated heterocycles. The van der Waals surface area contributed by atoms with Crippen LogP contribution in [0.4, 0.5) is 9.18 Å². The molecule has 2 rings (SSSR count). The van der Waals surface area contributed by atoms with Gasteiger partial charge in [-0.3, -0.25) is 0 Å². The zero-order valence-corrected chi connectivity index (χ0v) is 14.2. The summed E-state index contributed by atoms with van der Waals surface area (Å²) in [6.45, 7) is 6.00. The summed E-state index contributed by atoms with van der Waals surface area (Å²) < 4.78 is 21.4. The van der Waals surface area contributed by atoms with E-state index < -0.39 is 17.4 Å². The summed E-state index contributed by atoms with van der Waals surface area (Å²) in [6, 6.07) is 7.25. The molecule has 1 aromatic carbocycles. The predicted octanol–water partition coefficient (Wildman–Crippen LogP) is 4.64. The summed E-state index contributed by atoms with van der Waals surface area (Å²) >= 11 is 3.40. The molecule has 0 bridgehead atoms. The lowest BCUT2D eigenvalue weighted by Gasteiger charge is -2.38. The second-order valence-electron chi connectivity index (χ2n) is 6.45. The third kappa shape index (κ3) is 3.96. The number of hydrogen-bond acceptors (Lipinski definition) is 2. The van der Waals surface area contributed by atoms with Crippen LogP contribution in [-0.2, 0) is 10.4 Å². The van der Waals surface area contributed by atoms with Crippen molar-refractivity contribution >= 4 is 22.0 Å². The summed E-state index contributed by atoms with van der Waals surface area (Å²) in [5.41, 5.74) is -1.51. The second-order valence-corrected chi connectivity index (χ2v) is 7.30. The molecule has 0 radical (unpaired) electrons. The van der Waals surface area contributed by atoms with Gasteiger partial charge >= 0.3 is 6.09 Å². The van der Waals surface area contributed by atoms with E-state index in [9.17, 15) is 4.79 Å². The first-order chi connectivity index (χ1) is 9.71. The molecular formula is C16H21BrFNO2. The lowest BCUT2D eigenvalue weighted by Crippen LogP contribution is -2.48. The van der Waals surface area contributed by atoms with E-state index in [1.165, 1.54) is 4.90 Å². The number of carbonyl (C=O) groups is 1. The van der Waals surface area contributed by atoms with E-state index in [4.69, 9.17) is 4.74 Å². The molecule has 0 saturated carbocycles. The van der Waals surface area contributed by atoms with Crippen LogP contribution in [0.15, 0.2) is 28.7 Å². The quantitative estimate of drug-likeness (QED) is 0.732. The Kier molecular flexibility index (Phi) is 4.61. The Labute approximate surface area is 133 Å². The Morgan fingerprint density at radius 3 is 2.67 bits per heavy atom. The number of hydrogen-bond donors (Lipinski definition) is 0. The lowest BCUT2D eigenvalue weighted by atomic mass is 9.87. The van der Waals surface area contributed by atoms with Crippen LogP contribution in [0.2, 0.25) is 0 Å². The number of ether oxygens (including phenoxy) is 1. The number of benzene rings is 1. The van der Waals surface area contributed by atoms with Gasteiger partial charge in [0.15, 0.2) is 5.67 Å². The number of halogens is 2. The van der Waals surface area contributed by atoms with Crippen molar-refractivity contribution in [1.29, 1.82) is 0 Å². The van der Waals surface area contributed by atoms with Crippen molar-refractivity contribution in [2.75, 3.05) is 13.1 Å². The largest absolute Gasteiger partial charge is 0.444 e. The molecule has 1 atom stereocenters. The molecular weight excluding hydrogens is 337 g/mol. The summed E-state index contributed by atoms with van der Waals surface area (Å²) in [5, 5.41) is 0. The van der Waals surface area contributed by atoms with E-state index in [2.05, 4.69) is 15.9 Å². The first kappa shape index (κ1) is 16.3. The minimum atomic E-state index is -1.53. The van der Waals surface area contributed by atoms with Gasteiger partial charge in [-0.25, -0.2) is 9.18 Å². The van der Waals surface area contributed by atoms with Gasteiger partial charge in [-0.2, -0.15) is 0 Å². The Hall–Kier alpha value is -1.10. The molecule has 0 aliphatic carbocycles. The summed E-state index contributed by atoms with van der Waals surface area (Å²) in [4.78, 5) is 13.6. The maximum absolute atomic E-state index is 15.3. The van der Waals surface area contributed by atoms with Crippen molar-refractivity contribution in [3.63, 3.8) is 0 Å². The van der Waals surface area contributed by atoms with E-state index >= 15 is 4.39 Å². The van der Waals surface area contributed by atoms with Crippen LogP contribution in [0.3, 0.4) is 0 Å². The fourth-order valence-corrected chi connectivity index (χ4v) is 3.18. The molecule has 5 heteroatoms. The lowest BCUT2D eigenvalue weighted by molar-refractivity contribution is -0.00684. The minimum Gasteiger partial charge on any atom is -0.444 e. The standard InChI is InChI=1S/C16H21BrFNO2/c1-15(2,3)21-14(20)19-10-6-9-16(18,11-19)12-7-4-5-8-13(12)17/h4-5,7-8H,6,9-11H2,1-3H3. The van der Waals surface area contributed by atoms with Crippen LogP contribution < -0.4 is 0 Å². The zero-order valence-electron chi connectivity index (χ0n) is 12.7. The van der Waals surface area contributed by atoms with Crippen molar-refractivity contribution in [1.82, 2.24) is 4.90 Å². The number of alkyl halides is 1. The Morgan fingerprint density at radius 1 is 1.38 bits per heavy atom. The molecule has 1 unspecified atom stereocenters. The zero-order chi connectivity index (χ0) is 15.7. The first-order valence-electron chi connectivity index (χ1n) is 7.13. The number of carbonyl (C=O) groups excluding carboxylic acids is 1. The monoisotopic (exact) mass is 357 g/mol. The van der Waals surface area contributed by atoms with Crippen LogP contribution in [0, 0.1) is 0 Å². The fraction of sp³-hybridized carbons (Fsp3) is 0.562. The van der Waals surface area contributed by atoms with E-state index in [1.807, 2.05) is 39.0 Å². The van der Waals surface area contributed by atoms with Crippen LogP contribution in [-0.4, -0.2) is 29.7 Å². The van der Waals surface area contributed by atoms with Crippen LogP contribution in [0.1, 0.15) is 39.2 Å². The minimum absolute atomic E-state index is 0.0323. The molecule has 0 aromatic heterocycles. The van der Waals surface area contributed by atoms with Gasteiger partial charge in [0.2, 0.25) is 0 Å². The van der Waals surface area contributed by atoms with Gasteiger partial charge in [0, 0.05) is 16.6 Å². The van der Waals surface area contributed by atoms with E-state index in [0.29, 0.717) is 24.9 Å². The summed E-state index contributed by atoms with van der Waals surface area (Å²) in [5.74, 6) is 0. The maximum atomic E-state index is 15.3. The van der Waals surface area contributed by atoms with Crippen LogP contribution in [0.25, 0.3) is 0 Å². The highest BCUT2D eigenvalue weighted by molar-refractivity contribution is 9.10. The second kappa shape index (κ2) is 5.95. The molecule has 0 spiro atoms. The fourth-order valence-electron chi connectivity index (χ4n) is 2.54. The van der Waals surface area contributed by atoms with Crippen molar-refractivity contribution in [3.8, 4) is 0 Å². The molecule has 0 N–H and O–H groups in total. The van der Waals surface area contributed by atoms with Gasteiger partial charge in [0.05, 0.1) is 6.54 Å². The number of likely N-dealkylation sites (tertiary alicyclic amines) is 1. The van der Waals surface area contributed by atoms with Crippen LogP contribution in [0.5, 0.6) is 0 Å². The summed E-state index contributed by atoms with van der Waals surface area (Å²) in [6.07, 6.45) is 0.586. The average molecular weight is 358 g/mol. The van der Waals surface area contributed by atoms with Crippen molar-refractivity contribution < 1.29 is 13.9 Å². The van der Waals surface area contributed by atoms with Crippen molar-refractivity contribution in [3.05, 3.63) is 34.3 Å². The molecule has 3 nitrogen and oxygen atoms in total. The molecule has 116 valence electrons. The molecule has 21 heavy (non-hydrogen) atoms. The first-order valence-corrected chi connectivity index (χ1v) is 7.92. The summed E-state index contributed by atoms with van der Waals surface area (Å²) in [7, 11) is 0. The SMILES string of the molecule is CC(C)(C)OC(=O)N1CCCC(F)(c2ccccc2Br)C1. The van der Waals surface area contributed by atoms with E-state index in [-0.39, 0.29) is 6.54 Å². The van der Waals surface area contributed by atoms with Crippen molar-refractivity contribution in [2.24, 2.45) is 0 Å². The highest BCUT2D eigenvalue weighted by Gasteiger charge is 2.41. The Balaban J connectivity index is 2.17. The van der Waals surface area contributed by atoms with Gasteiger partial charge in [-0.05, 0) is 39.7 Å². The Bertz CT molecular complexity index is 529. The topological polar surface area (TPSA) is 29.5 Å². The number of amides is 1. The van der Waals surface area contributed by atoms with Gasteiger partial charge in [-0.15, -0.1) is 0 Å². The maximum Gasteiger partial charge on any atom is 0.410 e. The van der Waals surface area contributed by atoms with Gasteiger partial charge < -0.3 is 9.64 Å². The number of nitrogens with zero attached hydrogens (tertiary/aromatic N) is 1. The predicted molar refractivity (Wildman–Crippen MR) is 84.0 cm³/mol. The van der Waals surface area contributed by atoms with Gasteiger partial charge in [0.25, 0.3) is 0 Å². The molecule has 1 amide bonds. The Morgan fingerprint density at radius 2 is 2.05 bits per heavy atom. The van der Waals surface area contributed by atoms with Gasteiger partial charge in [-0.1, -0.05) is 34.1 Å².